The fourth-order valence-corrected chi connectivity index (χ4v) is 2.31. The second-order valence-electron chi connectivity index (χ2n) is 5.60. The Bertz CT molecular complexity index is 734. The number of phenols is 2. The smallest absolute Gasteiger partial charge is 0.123 e. The molecule has 0 aliphatic rings. The maximum atomic E-state index is 9.56. The number of hydrogen-bond donors (Lipinski definition) is 2. The van der Waals surface area contributed by atoms with Crippen molar-refractivity contribution in [3.05, 3.63) is 84.4 Å². The topological polar surface area (TPSA) is 40.5 Å². The van der Waals surface area contributed by atoms with E-state index >= 15 is 0 Å². The van der Waals surface area contributed by atoms with E-state index in [0.717, 1.165) is 16.7 Å². The summed E-state index contributed by atoms with van der Waals surface area (Å²) in [7, 11) is 0. The van der Waals surface area contributed by atoms with Crippen LogP contribution in [0, 0.1) is 0 Å². The van der Waals surface area contributed by atoms with E-state index in [2.05, 4.69) is 13.8 Å². The third kappa shape index (κ3) is 4.62. The van der Waals surface area contributed by atoms with Crippen molar-refractivity contribution >= 4 is 0 Å². The van der Waals surface area contributed by atoms with Crippen LogP contribution in [-0.4, -0.2) is 10.2 Å². The van der Waals surface area contributed by atoms with Gasteiger partial charge in [-0.05, 0) is 29.2 Å². The fourth-order valence-electron chi connectivity index (χ4n) is 2.31. The first kappa shape index (κ1) is 16.6. The number of aromatic hydroxyl groups is 2. The minimum Gasteiger partial charge on any atom is -0.508 e. The van der Waals surface area contributed by atoms with Gasteiger partial charge in [0.15, 0.2) is 0 Å². The highest BCUT2D eigenvalue weighted by molar-refractivity contribution is 5.69. The Morgan fingerprint density at radius 3 is 1.65 bits per heavy atom. The summed E-state index contributed by atoms with van der Waals surface area (Å²) in [4.78, 5) is 0. The number of phenolic OH excluding ortho intramolecular Hbond substituents is 2. The average Bonchev–Trinajstić information content (AvgIpc) is 2.57. The lowest BCUT2D eigenvalue weighted by Gasteiger charge is -2.05. The van der Waals surface area contributed by atoms with Gasteiger partial charge >= 0.3 is 0 Å². The molecule has 2 N–H and O–H groups in total. The lowest BCUT2D eigenvalue weighted by Crippen LogP contribution is -1.85. The summed E-state index contributed by atoms with van der Waals surface area (Å²) in [6, 6.07) is 24.6. The molecule has 3 aromatic carbocycles. The summed E-state index contributed by atoms with van der Waals surface area (Å²) in [5, 5.41) is 18.8. The summed E-state index contributed by atoms with van der Waals surface area (Å²) in [5.74, 6) is 1.13. The van der Waals surface area contributed by atoms with E-state index in [4.69, 9.17) is 0 Å². The van der Waals surface area contributed by atoms with Crippen LogP contribution in [0.4, 0.5) is 0 Å². The summed E-state index contributed by atoms with van der Waals surface area (Å²) in [5.41, 5.74) is 2.94. The minimum absolute atomic E-state index is 0.328. The molecule has 0 radical (unpaired) electrons. The molecular weight excluding hydrogens is 284 g/mol. The van der Waals surface area contributed by atoms with Crippen LogP contribution in [0.15, 0.2) is 78.9 Å². The van der Waals surface area contributed by atoms with E-state index < -0.39 is 0 Å². The van der Waals surface area contributed by atoms with Crippen LogP contribution in [0.2, 0.25) is 0 Å². The Morgan fingerprint density at radius 2 is 1.13 bits per heavy atom. The van der Waals surface area contributed by atoms with Crippen molar-refractivity contribution < 1.29 is 10.2 Å². The molecule has 0 bridgehead atoms. The molecule has 3 rings (SSSR count). The van der Waals surface area contributed by atoms with Crippen LogP contribution in [-0.2, 0) is 0 Å². The number of benzene rings is 3. The molecule has 0 unspecified atom stereocenters. The van der Waals surface area contributed by atoms with Crippen LogP contribution in [0.1, 0.15) is 25.3 Å². The van der Waals surface area contributed by atoms with Crippen molar-refractivity contribution in [1.82, 2.24) is 0 Å². The van der Waals surface area contributed by atoms with Crippen LogP contribution in [0.25, 0.3) is 11.1 Å². The molecule has 0 spiro atoms. The first-order chi connectivity index (χ1) is 11.1. The van der Waals surface area contributed by atoms with Gasteiger partial charge in [0, 0.05) is 5.56 Å². The monoisotopic (exact) mass is 306 g/mol. The van der Waals surface area contributed by atoms with Gasteiger partial charge in [0.05, 0.1) is 0 Å². The van der Waals surface area contributed by atoms with Gasteiger partial charge in [0.25, 0.3) is 0 Å². The van der Waals surface area contributed by atoms with E-state index in [0.29, 0.717) is 17.4 Å². The third-order valence-electron chi connectivity index (χ3n) is 3.55. The van der Waals surface area contributed by atoms with Crippen molar-refractivity contribution in [2.45, 2.75) is 19.8 Å². The van der Waals surface area contributed by atoms with Crippen molar-refractivity contribution in [3.63, 3.8) is 0 Å². The predicted molar refractivity (Wildman–Crippen MR) is 95.7 cm³/mol. The highest BCUT2D eigenvalue weighted by Crippen LogP contribution is 2.27. The summed E-state index contributed by atoms with van der Waals surface area (Å²) >= 11 is 0. The van der Waals surface area contributed by atoms with E-state index in [1.807, 2.05) is 66.7 Å². The Hall–Kier alpha value is -2.74. The molecule has 23 heavy (non-hydrogen) atoms. The lowest BCUT2D eigenvalue weighted by atomic mass is 10.0. The van der Waals surface area contributed by atoms with Gasteiger partial charge in [-0.15, -0.1) is 0 Å². The number of hydrogen-bond acceptors (Lipinski definition) is 2. The Kier molecular flexibility index (Phi) is 5.81. The Balaban J connectivity index is 0.000000174. The zero-order chi connectivity index (χ0) is 16.7. The molecule has 2 heteroatoms. The lowest BCUT2D eigenvalue weighted by molar-refractivity contribution is 0.465. The van der Waals surface area contributed by atoms with Gasteiger partial charge in [0.2, 0.25) is 0 Å². The standard InChI is InChI=1S/C12H10O.C9H12O/c13-12-9-5-4-8-11(12)10-6-2-1-3-7-10;1-7(2)8-5-3-4-6-9(8)10/h1-9,13H;3-7,10H,1-2H3. The molecule has 0 saturated carbocycles. The van der Waals surface area contributed by atoms with E-state index in [9.17, 15) is 10.2 Å². The molecule has 0 aromatic heterocycles. The largest absolute Gasteiger partial charge is 0.508 e. The zero-order valence-corrected chi connectivity index (χ0v) is 13.5. The second kappa shape index (κ2) is 8.04. The van der Waals surface area contributed by atoms with Crippen LogP contribution in [0.5, 0.6) is 11.5 Å². The van der Waals surface area contributed by atoms with Crippen LogP contribution >= 0.6 is 0 Å². The SMILES string of the molecule is CC(C)c1ccccc1O.Oc1ccccc1-c1ccccc1. The molecular formula is C21H22O2. The van der Waals surface area contributed by atoms with Crippen LogP contribution < -0.4 is 0 Å². The quantitative estimate of drug-likeness (QED) is 0.649. The maximum Gasteiger partial charge on any atom is 0.123 e. The van der Waals surface area contributed by atoms with Gasteiger partial charge in [-0.25, -0.2) is 0 Å². The molecule has 0 atom stereocenters. The Morgan fingerprint density at radius 1 is 0.609 bits per heavy atom. The zero-order valence-electron chi connectivity index (χ0n) is 13.5. The molecule has 0 heterocycles. The maximum absolute atomic E-state index is 9.56. The molecule has 0 saturated heterocycles. The molecule has 0 amide bonds. The van der Waals surface area contributed by atoms with Gasteiger partial charge < -0.3 is 10.2 Å². The highest BCUT2D eigenvalue weighted by Gasteiger charge is 2.02. The molecule has 2 nitrogen and oxygen atoms in total. The first-order valence-electron chi connectivity index (χ1n) is 7.71. The average molecular weight is 306 g/mol. The second-order valence-corrected chi connectivity index (χ2v) is 5.60. The summed E-state index contributed by atoms with van der Waals surface area (Å²) < 4.78 is 0. The van der Waals surface area contributed by atoms with E-state index in [-0.39, 0.29) is 0 Å². The van der Waals surface area contributed by atoms with Gasteiger partial charge in [0.1, 0.15) is 11.5 Å². The molecule has 0 fully saturated rings. The minimum atomic E-state index is 0.328. The van der Waals surface area contributed by atoms with E-state index in [1.54, 1.807) is 12.1 Å². The molecule has 3 aromatic rings. The fraction of sp³-hybridized carbons (Fsp3) is 0.143. The molecule has 118 valence electrons. The summed E-state index contributed by atoms with van der Waals surface area (Å²) in [6.45, 7) is 4.13. The third-order valence-corrected chi connectivity index (χ3v) is 3.55. The van der Waals surface area contributed by atoms with Gasteiger partial charge in [-0.1, -0.05) is 80.6 Å². The number of para-hydroxylation sites is 2. The van der Waals surface area contributed by atoms with Crippen molar-refractivity contribution in [2.75, 3.05) is 0 Å². The summed E-state index contributed by atoms with van der Waals surface area (Å²) in [6.07, 6.45) is 0. The van der Waals surface area contributed by atoms with Crippen molar-refractivity contribution in [2.24, 2.45) is 0 Å². The molecule has 0 aliphatic heterocycles. The highest BCUT2D eigenvalue weighted by atomic mass is 16.3. The van der Waals surface area contributed by atoms with E-state index in [1.165, 1.54) is 0 Å². The number of rotatable bonds is 2. The van der Waals surface area contributed by atoms with Gasteiger partial charge in [-0.3, -0.25) is 0 Å². The van der Waals surface area contributed by atoms with Gasteiger partial charge in [-0.2, -0.15) is 0 Å². The van der Waals surface area contributed by atoms with Crippen LogP contribution in [0.3, 0.4) is 0 Å². The first-order valence-corrected chi connectivity index (χ1v) is 7.71. The predicted octanol–water partition coefficient (Wildman–Crippen LogP) is 5.57. The normalized spacial score (nSPS) is 10.0. The molecule has 0 aliphatic carbocycles. The van der Waals surface area contributed by atoms with Crippen molar-refractivity contribution in [3.8, 4) is 22.6 Å². The Labute approximate surface area is 137 Å². The van der Waals surface area contributed by atoms with Crippen molar-refractivity contribution in [1.29, 1.82) is 0 Å².